The molecule has 1 heterocycles. The molecule has 2 aromatic rings. The van der Waals surface area contributed by atoms with Gasteiger partial charge in [0.25, 0.3) is 0 Å². The summed E-state index contributed by atoms with van der Waals surface area (Å²) in [7, 11) is 1.55. The molecule has 1 aromatic heterocycles. The number of methoxy groups -OCH3 is 1. The molecule has 0 saturated heterocycles. The number of aryl methyl sites for hydroxylation is 1. The van der Waals surface area contributed by atoms with Gasteiger partial charge in [0, 0.05) is 38.7 Å². The molecular weight excluding hydrogens is 462 g/mol. The van der Waals surface area contributed by atoms with Crippen LogP contribution in [0.25, 0.3) is 0 Å². The molecule has 0 amide bonds. The second kappa shape index (κ2) is 12.6. The number of hydrogen-bond acceptors (Lipinski definition) is 4. The molecular formula is C18H28FIN6O. The summed E-state index contributed by atoms with van der Waals surface area (Å²) in [5.41, 5.74) is 1.47. The molecule has 0 atom stereocenters. The summed E-state index contributed by atoms with van der Waals surface area (Å²) in [5.74, 6) is 1.42. The summed E-state index contributed by atoms with van der Waals surface area (Å²) in [6.07, 6.45) is 2.59. The van der Waals surface area contributed by atoms with Crippen molar-refractivity contribution in [2.45, 2.75) is 40.0 Å². The molecule has 0 spiro atoms. The first kappa shape index (κ1) is 23.3. The topological polar surface area (TPSA) is 76.4 Å². The Morgan fingerprint density at radius 1 is 1.30 bits per heavy atom. The number of rotatable bonds is 9. The summed E-state index contributed by atoms with van der Waals surface area (Å²) in [4.78, 5) is 4.57. The van der Waals surface area contributed by atoms with Crippen LogP contribution in [-0.4, -0.2) is 40.9 Å². The van der Waals surface area contributed by atoms with Gasteiger partial charge in [-0.05, 0) is 24.6 Å². The second-order valence-corrected chi connectivity index (χ2v) is 5.77. The van der Waals surface area contributed by atoms with Crippen LogP contribution in [0.3, 0.4) is 0 Å². The van der Waals surface area contributed by atoms with E-state index in [1.807, 2.05) is 11.5 Å². The molecule has 0 fully saturated rings. The molecule has 9 heteroatoms. The average molecular weight is 490 g/mol. The predicted molar refractivity (Wildman–Crippen MR) is 115 cm³/mol. The molecule has 0 aliphatic heterocycles. The number of guanidine groups is 1. The lowest BCUT2D eigenvalue weighted by atomic mass is 10.1. The summed E-state index contributed by atoms with van der Waals surface area (Å²) in [5, 5.41) is 14.5. The highest BCUT2D eigenvalue weighted by Gasteiger charge is 2.05. The van der Waals surface area contributed by atoms with E-state index >= 15 is 0 Å². The third kappa shape index (κ3) is 7.41. The number of hydrogen-bond donors (Lipinski definition) is 2. The number of benzene rings is 1. The van der Waals surface area contributed by atoms with Crippen molar-refractivity contribution in [2.75, 3.05) is 20.2 Å². The molecule has 0 radical (unpaired) electrons. The number of aromatic nitrogens is 3. The fraction of sp³-hybridized carbons (Fsp3) is 0.500. The van der Waals surface area contributed by atoms with E-state index in [-0.39, 0.29) is 36.4 Å². The maximum Gasteiger partial charge on any atom is 0.191 e. The zero-order valence-electron chi connectivity index (χ0n) is 16.0. The Bertz CT molecular complexity index is 722. The van der Waals surface area contributed by atoms with E-state index in [0.29, 0.717) is 18.7 Å². The van der Waals surface area contributed by atoms with E-state index in [1.54, 1.807) is 25.6 Å². The van der Waals surface area contributed by atoms with Crippen molar-refractivity contribution in [1.29, 1.82) is 0 Å². The highest BCUT2D eigenvalue weighted by atomic mass is 127. The van der Waals surface area contributed by atoms with Gasteiger partial charge in [0.15, 0.2) is 5.96 Å². The minimum absolute atomic E-state index is 0. The highest BCUT2D eigenvalue weighted by Crippen LogP contribution is 2.12. The minimum Gasteiger partial charge on any atom is -0.380 e. The zero-order valence-corrected chi connectivity index (χ0v) is 18.4. The van der Waals surface area contributed by atoms with Crippen LogP contribution >= 0.6 is 24.0 Å². The molecule has 0 unspecified atom stereocenters. The molecule has 150 valence electrons. The molecule has 0 aliphatic rings. The number of aliphatic imine (C=N–C) groups is 1. The van der Waals surface area contributed by atoms with Gasteiger partial charge in [-0.2, -0.15) is 0 Å². The third-order valence-corrected chi connectivity index (χ3v) is 3.83. The van der Waals surface area contributed by atoms with Crippen LogP contribution in [0.2, 0.25) is 0 Å². The lowest BCUT2D eigenvalue weighted by Crippen LogP contribution is -2.38. The first-order chi connectivity index (χ1) is 12.7. The molecule has 0 saturated carbocycles. The Labute approximate surface area is 176 Å². The number of nitrogens with one attached hydrogen (secondary N) is 2. The minimum atomic E-state index is -0.259. The Morgan fingerprint density at radius 3 is 2.81 bits per heavy atom. The zero-order chi connectivity index (χ0) is 18.8. The first-order valence-corrected chi connectivity index (χ1v) is 8.83. The van der Waals surface area contributed by atoms with E-state index in [2.05, 4.69) is 32.7 Å². The van der Waals surface area contributed by atoms with Crippen molar-refractivity contribution in [3.05, 3.63) is 47.3 Å². The van der Waals surface area contributed by atoms with Crippen molar-refractivity contribution in [1.82, 2.24) is 25.4 Å². The van der Waals surface area contributed by atoms with Gasteiger partial charge < -0.3 is 19.9 Å². The lowest BCUT2D eigenvalue weighted by Gasteiger charge is -2.12. The molecule has 2 N–H and O–H groups in total. The summed E-state index contributed by atoms with van der Waals surface area (Å²) in [6, 6.07) is 4.99. The van der Waals surface area contributed by atoms with E-state index < -0.39 is 0 Å². The summed E-state index contributed by atoms with van der Waals surface area (Å²) < 4.78 is 20.7. The summed E-state index contributed by atoms with van der Waals surface area (Å²) >= 11 is 0. The molecule has 1 aromatic carbocycles. The average Bonchev–Trinajstić information content (AvgIpc) is 3.10. The molecule has 27 heavy (non-hydrogen) atoms. The maximum atomic E-state index is 13.7. The summed E-state index contributed by atoms with van der Waals surface area (Å²) in [6.45, 7) is 7.00. The van der Waals surface area contributed by atoms with Gasteiger partial charge in [-0.1, -0.05) is 13.0 Å². The van der Waals surface area contributed by atoms with Crippen molar-refractivity contribution in [2.24, 2.45) is 4.99 Å². The van der Waals surface area contributed by atoms with Gasteiger partial charge in [-0.3, -0.25) is 0 Å². The predicted octanol–water partition coefficient (Wildman–Crippen LogP) is 2.50. The number of nitrogens with zero attached hydrogens (tertiary/aromatic N) is 4. The first-order valence-electron chi connectivity index (χ1n) is 8.83. The van der Waals surface area contributed by atoms with Crippen LogP contribution in [0.15, 0.2) is 29.5 Å². The van der Waals surface area contributed by atoms with E-state index in [1.165, 1.54) is 6.07 Å². The lowest BCUT2D eigenvalue weighted by molar-refractivity contribution is 0.181. The number of ether oxygens (including phenoxy) is 1. The SMILES string of the molecule is CCNC(=NCc1ccc(F)c(COC)c1)NCCn1cnnc1CC.I. The number of halogens is 2. The molecule has 2 rings (SSSR count). The Hall–Kier alpha value is -1.75. The monoisotopic (exact) mass is 490 g/mol. The van der Waals surface area contributed by atoms with Crippen LogP contribution in [0, 0.1) is 5.82 Å². The Balaban J connectivity index is 0.00000364. The molecule has 7 nitrogen and oxygen atoms in total. The normalized spacial score (nSPS) is 11.2. The van der Waals surface area contributed by atoms with Gasteiger partial charge in [0.2, 0.25) is 0 Å². The largest absolute Gasteiger partial charge is 0.380 e. The van der Waals surface area contributed by atoms with E-state index in [4.69, 9.17) is 4.74 Å². The fourth-order valence-corrected chi connectivity index (χ4v) is 2.54. The van der Waals surface area contributed by atoms with Gasteiger partial charge in [0.1, 0.15) is 18.0 Å². The van der Waals surface area contributed by atoms with Crippen LogP contribution in [0.5, 0.6) is 0 Å². The van der Waals surface area contributed by atoms with Crippen molar-refractivity contribution in [3.8, 4) is 0 Å². The third-order valence-electron chi connectivity index (χ3n) is 3.83. The van der Waals surface area contributed by atoms with Crippen LogP contribution in [0.1, 0.15) is 30.8 Å². The van der Waals surface area contributed by atoms with Gasteiger partial charge >= 0.3 is 0 Å². The van der Waals surface area contributed by atoms with E-state index in [0.717, 1.165) is 36.9 Å². The maximum absolute atomic E-state index is 13.7. The van der Waals surface area contributed by atoms with Crippen LogP contribution < -0.4 is 10.6 Å². The Morgan fingerprint density at radius 2 is 2.11 bits per heavy atom. The highest BCUT2D eigenvalue weighted by molar-refractivity contribution is 14.0. The van der Waals surface area contributed by atoms with Gasteiger partial charge in [-0.15, -0.1) is 34.2 Å². The van der Waals surface area contributed by atoms with Crippen molar-refractivity contribution in [3.63, 3.8) is 0 Å². The van der Waals surface area contributed by atoms with Gasteiger partial charge in [0.05, 0.1) is 13.2 Å². The Kier molecular flexibility index (Phi) is 10.9. The van der Waals surface area contributed by atoms with E-state index in [9.17, 15) is 4.39 Å². The van der Waals surface area contributed by atoms with Gasteiger partial charge in [-0.25, -0.2) is 9.38 Å². The second-order valence-electron chi connectivity index (χ2n) is 5.77. The molecule has 0 aliphatic carbocycles. The van der Waals surface area contributed by atoms with Crippen molar-refractivity contribution >= 4 is 29.9 Å². The van der Waals surface area contributed by atoms with Crippen LogP contribution in [-0.2, 0) is 30.9 Å². The smallest absolute Gasteiger partial charge is 0.191 e. The molecule has 0 bridgehead atoms. The quantitative estimate of drug-likeness (QED) is 0.321. The standard InChI is InChI=1S/C18H27FN6O.HI/c1-4-17-24-23-13-25(17)9-8-21-18(20-5-2)22-11-14-6-7-16(19)15(10-14)12-26-3;/h6-7,10,13H,4-5,8-9,11-12H2,1-3H3,(H2,20,21,22);1H. The fourth-order valence-electron chi connectivity index (χ4n) is 2.54. The van der Waals surface area contributed by atoms with Crippen molar-refractivity contribution < 1.29 is 9.13 Å². The van der Waals surface area contributed by atoms with Crippen LogP contribution in [0.4, 0.5) is 4.39 Å².